The van der Waals surface area contributed by atoms with Crippen molar-refractivity contribution in [3.8, 4) is 0 Å². The van der Waals surface area contributed by atoms with E-state index in [1.54, 1.807) is 12.1 Å². The average Bonchev–Trinajstić information content (AvgIpc) is 2.72. The van der Waals surface area contributed by atoms with Gasteiger partial charge in [-0.05, 0) is 40.9 Å². The lowest BCUT2D eigenvalue weighted by Gasteiger charge is -2.12. The molecule has 0 spiro atoms. The maximum atomic E-state index is 11.7. The van der Waals surface area contributed by atoms with Gasteiger partial charge in [0.2, 0.25) is 0 Å². The first-order valence-corrected chi connectivity index (χ1v) is 5.11. The Bertz CT molecular complexity index is 315. The van der Waals surface area contributed by atoms with Crippen molar-refractivity contribution >= 4 is 21.8 Å². The predicted octanol–water partition coefficient (Wildman–Crippen LogP) is 2.28. The minimum absolute atomic E-state index is 0.00296. The van der Waals surface area contributed by atoms with Crippen LogP contribution < -0.4 is 0 Å². The van der Waals surface area contributed by atoms with E-state index in [1.165, 1.54) is 0 Å². The van der Waals surface area contributed by atoms with Crippen molar-refractivity contribution in [3.63, 3.8) is 0 Å². The molecule has 0 unspecified atom stereocenters. The molecule has 0 saturated carbocycles. The Hall–Kier alpha value is -0.770. The normalized spacial score (nSPS) is 16.5. The molecule has 1 fully saturated rings. The molecule has 0 radical (unpaired) electrons. The third-order valence-electron chi connectivity index (χ3n) is 2.18. The van der Waals surface area contributed by atoms with Crippen molar-refractivity contribution in [2.45, 2.75) is 12.8 Å². The van der Waals surface area contributed by atoms with Crippen LogP contribution in [0.2, 0.25) is 0 Å². The number of hydrogen-bond acceptors (Lipinski definition) is 2. The standard InChI is InChI=1S/C9H10BrNO2/c10-8-4-3-7(13-8)9(12)11-5-1-2-6-11/h3-4H,1-2,5-6H2. The predicted molar refractivity (Wildman–Crippen MR) is 51.5 cm³/mol. The summed E-state index contributed by atoms with van der Waals surface area (Å²) in [7, 11) is 0. The van der Waals surface area contributed by atoms with Crippen LogP contribution in [0, 0.1) is 0 Å². The third kappa shape index (κ3) is 1.77. The van der Waals surface area contributed by atoms with Gasteiger partial charge in [0.1, 0.15) is 0 Å². The second kappa shape index (κ2) is 3.54. The summed E-state index contributed by atoms with van der Waals surface area (Å²) in [5.41, 5.74) is 0. The molecule has 0 bridgehead atoms. The highest BCUT2D eigenvalue weighted by Gasteiger charge is 2.21. The fourth-order valence-corrected chi connectivity index (χ4v) is 1.81. The lowest BCUT2D eigenvalue weighted by molar-refractivity contribution is 0.0760. The molecule has 2 heterocycles. The molecule has 0 aliphatic carbocycles. The number of amides is 1. The maximum absolute atomic E-state index is 11.7. The highest BCUT2D eigenvalue weighted by molar-refractivity contribution is 9.10. The van der Waals surface area contributed by atoms with E-state index < -0.39 is 0 Å². The number of nitrogens with zero attached hydrogens (tertiary/aromatic N) is 1. The molecule has 70 valence electrons. The molecule has 1 saturated heterocycles. The highest BCUT2D eigenvalue weighted by Crippen LogP contribution is 2.18. The largest absolute Gasteiger partial charge is 0.444 e. The van der Waals surface area contributed by atoms with Crippen LogP contribution in [0.25, 0.3) is 0 Å². The molecular weight excluding hydrogens is 234 g/mol. The number of likely N-dealkylation sites (tertiary alicyclic amines) is 1. The van der Waals surface area contributed by atoms with Gasteiger partial charge < -0.3 is 9.32 Å². The first kappa shape index (κ1) is 8.81. The molecule has 2 rings (SSSR count). The number of furan rings is 1. The Morgan fingerprint density at radius 1 is 1.38 bits per heavy atom. The van der Waals surface area contributed by atoms with Crippen LogP contribution in [0.4, 0.5) is 0 Å². The number of carbonyl (C=O) groups excluding carboxylic acids is 1. The molecule has 1 aromatic rings. The lowest BCUT2D eigenvalue weighted by atomic mass is 10.4. The monoisotopic (exact) mass is 243 g/mol. The molecule has 13 heavy (non-hydrogen) atoms. The fraction of sp³-hybridized carbons (Fsp3) is 0.444. The number of carbonyl (C=O) groups is 1. The highest BCUT2D eigenvalue weighted by atomic mass is 79.9. The molecule has 1 aliphatic rings. The van der Waals surface area contributed by atoms with Gasteiger partial charge in [-0.25, -0.2) is 0 Å². The summed E-state index contributed by atoms with van der Waals surface area (Å²) in [5.74, 6) is 0.428. The van der Waals surface area contributed by atoms with Gasteiger partial charge in [0, 0.05) is 13.1 Å². The molecule has 0 atom stereocenters. The zero-order chi connectivity index (χ0) is 9.26. The lowest BCUT2D eigenvalue weighted by Crippen LogP contribution is -2.27. The Balaban J connectivity index is 2.12. The van der Waals surface area contributed by atoms with Gasteiger partial charge in [-0.3, -0.25) is 4.79 Å². The summed E-state index contributed by atoms with van der Waals surface area (Å²) < 4.78 is 5.79. The summed E-state index contributed by atoms with van der Waals surface area (Å²) in [5, 5.41) is 0. The van der Waals surface area contributed by atoms with Gasteiger partial charge in [-0.1, -0.05) is 0 Å². The van der Waals surface area contributed by atoms with Gasteiger partial charge in [0.05, 0.1) is 0 Å². The second-order valence-corrected chi connectivity index (χ2v) is 3.88. The summed E-state index contributed by atoms with van der Waals surface area (Å²) in [6.07, 6.45) is 2.21. The summed E-state index contributed by atoms with van der Waals surface area (Å²) >= 11 is 3.17. The second-order valence-electron chi connectivity index (χ2n) is 3.10. The van der Waals surface area contributed by atoms with Crippen molar-refractivity contribution in [1.29, 1.82) is 0 Å². The van der Waals surface area contributed by atoms with Crippen molar-refractivity contribution in [2.24, 2.45) is 0 Å². The van der Waals surface area contributed by atoms with Crippen molar-refractivity contribution in [1.82, 2.24) is 4.90 Å². The van der Waals surface area contributed by atoms with Crippen LogP contribution in [0.3, 0.4) is 0 Å². The topological polar surface area (TPSA) is 33.5 Å². The van der Waals surface area contributed by atoms with Gasteiger partial charge >= 0.3 is 0 Å². The molecule has 1 aliphatic heterocycles. The molecule has 0 N–H and O–H groups in total. The van der Waals surface area contributed by atoms with Crippen molar-refractivity contribution in [2.75, 3.05) is 13.1 Å². The quantitative estimate of drug-likeness (QED) is 0.759. The number of hydrogen-bond donors (Lipinski definition) is 0. The van der Waals surface area contributed by atoms with E-state index in [0.717, 1.165) is 25.9 Å². The Labute approximate surface area is 84.8 Å². The van der Waals surface area contributed by atoms with E-state index in [0.29, 0.717) is 10.4 Å². The van der Waals surface area contributed by atoms with Crippen LogP contribution in [-0.2, 0) is 0 Å². The zero-order valence-electron chi connectivity index (χ0n) is 7.12. The van der Waals surface area contributed by atoms with E-state index in [-0.39, 0.29) is 5.91 Å². The van der Waals surface area contributed by atoms with E-state index in [2.05, 4.69) is 15.9 Å². The SMILES string of the molecule is O=C(c1ccc(Br)o1)N1CCCC1. The van der Waals surface area contributed by atoms with Crippen molar-refractivity contribution in [3.05, 3.63) is 22.6 Å². The summed E-state index contributed by atoms with van der Waals surface area (Å²) in [6.45, 7) is 1.72. The molecular formula is C9H10BrNO2. The molecule has 1 amide bonds. The third-order valence-corrected chi connectivity index (χ3v) is 2.60. The minimum Gasteiger partial charge on any atom is -0.444 e. The van der Waals surface area contributed by atoms with Gasteiger partial charge in [0.15, 0.2) is 10.4 Å². The maximum Gasteiger partial charge on any atom is 0.289 e. The van der Waals surface area contributed by atoms with Gasteiger partial charge in [-0.2, -0.15) is 0 Å². The van der Waals surface area contributed by atoms with Crippen molar-refractivity contribution < 1.29 is 9.21 Å². The fourth-order valence-electron chi connectivity index (χ4n) is 1.51. The molecule has 1 aromatic heterocycles. The van der Waals surface area contributed by atoms with E-state index in [9.17, 15) is 4.79 Å². The number of halogens is 1. The van der Waals surface area contributed by atoms with Gasteiger partial charge in [0.25, 0.3) is 5.91 Å². The summed E-state index contributed by atoms with van der Waals surface area (Å²) in [6, 6.07) is 3.44. The van der Waals surface area contributed by atoms with Gasteiger partial charge in [-0.15, -0.1) is 0 Å². The molecule has 0 aromatic carbocycles. The first-order valence-electron chi connectivity index (χ1n) is 4.32. The van der Waals surface area contributed by atoms with E-state index in [1.807, 2.05) is 4.90 Å². The average molecular weight is 244 g/mol. The smallest absolute Gasteiger partial charge is 0.289 e. The Morgan fingerprint density at radius 2 is 2.08 bits per heavy atom. The van der Waals surface area contributed by atoms with E-state index in [4.69, 9.17) is 4.42 Å². The number of rotatable bonds is 1. The zero-order valence-corrected chi connectivity index (χ0v) is 8.71. The summed E-state index contributed by atoms with van der Waals surface area (Å²) in [4.78, 5) is 13.5. The molecule has 4 heteroatoms. The Kier molecular flexibility index (Phi) is 2.40. The first-order chi connectivity index (χ1) is 6.27. The van der Waals surface area contributed by atoms with Crippen LogP contribution in [0.15, 0.2) is 21.2 Å². The minimum atomic E-state index is 0.00296. The van der Waals surface area contributed by atoms with Crippen LogP contribution >= 0.6 is 15.9 Å². The molecule has 3 nitrogen and oxygen atoms in total. The Morgan fingerprint density at radius 3 is 2.62 bits per heavy atom. The van der Waals surface area contributed by atoms with Crippen LogP contribution in [-0.4, -0.2) is 23.9 Å². The van der Waals surface area contributed by atoms with E-state index >= 15 is 0 Å². The van der Waals surface area contributed by atoms with Crippen LogP contribution in [0.5, 0.6) is 0 Å². The van der Waals surface area contributed by atoms with Crippen LogP contribution in [0.1, 0.15) is 23.4 Å².